The second-order valence-corrected chi connectivity index (χ2v) is 5.09. The summed E-state index contributed by atoms with van der Waals surface area (Å²) in [7, 11) is 0. The van der Waals surface area contributed by atoms with Crippen molar-refractivity contribution in [1.82, 2.24) is 5.32 Å². The lowest BCUT2D eigenvalue weighted by Gasteiger charge is -2.26. The van der Waals surface area contributed by atoms with Gasteiger partial charge in [-0.05, 0) is 45.4 Å². The Balaban J connectivity index is 2.78. The van der Waals surface area contributed by atoms with Gasteiger partial charge in [0, 0.05) is 31.9 Å². The number of hydrogen-bond acceptors (Lipinski definition) is 3. The van der Waals surface area contributed by atoms with Gasteiger partial charge in [-0.15, -0.1) is 0 Å². The summed E-state index contributed by atoms with van der Waals surface area (Å²) >= 11 is 0. The molecule has 0 spiro atoms. The van der Waals surface area contributed by atoms with Crippen molar-refractivity contribution in [3.63, 3.8) is 0 Å². The third-order valence-electron chi connectivity index (χ3n) is 3.41. The summed E-state index contributed by atoms with van der Waals surface area (Å²) in [5.74, 6) is 0. The molecule has 0 atom stereocenters. The minimum absolute atomic E-state index is 0.788. The van der Waals surface area contributed by atoms with Crippen LogP contribution in [0.2, 0.25) is 0 Å². The van der Waals surface area contributed by atoms with Crippen LogP contribution < -0.4 is 10.2 Å². The van der Waals surface area contributed by atoms with Crippen molar-refractivity contribution < 1.29 is 4.74 Å². The molecule has 3 heteroatoms. The molecule has 0 heterocycles. The van der Waals surface area contributed by atoms with Crippen LogP contribution in [0, 0.1) is 6.92 Å². The van der Waals surface area contributed by atoms with E-state index < -0.39 is 0 Å². The Morgan fingerprint density at radius 2 is 2.00 bits per heavy atom. The molecule has 1 N–H and O–H groups in total. The van der Waals surface area contributed by atoms with Gasteiger partial charge in [-0.3, -0.25) is 0 Å². The Kier molecular flexibility index (Phi) is 8.31. The van der Waals surface area contributed by atoms with Gasteiger partial charge in [0.1, 0.15) is 0 Å². The van der Waals surface area contributed by atoms with Crippen LogP contribution in [0.5, 0.6) is 0 Å². The van der Waals surface area contributed by atoms with Crippen molar-refractivity contribution in [2.75, 3.05) is 37.7 Å². The van der Waals surface area contributed by atoms with Crippen LogP contribution in [0.15, 0.2) is 18.2 Å². The molecule has 1 rings (SSSR count). The van der Waals surface area contributed by atoms with Gasteiger partial charge in [0.05, 0.1) is 6.61 Å². The van der Waals surface area contributed by atoms with Gasteiger partial charge < -0.3 is 15.0 Å². The number of likely N-dealkylation sites (N-methyl/N-ethyl adjacent to an activating group) is 1. The number of anilines is 1. The van der Waals surface area contributed by atoms with Gasteiger partial charge >= 0.3 is 0 Å². The zero-order chi connectivity index (χ0) is 14.8. The van der Waals surface area contributed by atoms with Crippen LogP contribution in [0.3, 0.4) is 0 Å². The first kappa shape index (κ1) is 17.0. The molecule has 0 amide bonds. The first-order valence-electron chi connectivity index (χ1n) is 7.85. The Labute approximate surface area is 124 Å². The second-order valence-electron chi connectivity index (χ2n) is 5.09. The van der Waals surface area contributed by atoms with Gasteiger partial charge in [-0.25, -0.2) is 0 Å². The zero-order valence-corrected chi connectivity index (χ0v) is 13.5. The number of ether oxygens (including phenoxy) is 1. The summed E-state index contributed by atoms with van der Waals surface area (Å²) in [5.41, 5.74) is 4.04. The molecule has 0 unspecified atom stereocenters. The molecule has 0 aromatic heterocycles. The normalized spacial score (nSPS) is 10.8. The molecular formula is C17H30N2O. The quantitative estimate of drug-likeness (QED) is 0.664. The van der Waals surface area contributed by atoms with E-state index in [-0.39, 0.29) is 0 Å². The highest BCUT2D eigenvalue weighted by Crippen LogP contribution is 2.22. The summed E-state index contributed by atoms with van der Waals surface area (Å²) in [6, 6.07) is 6.73. The maximum atomic E-state index is 5.49. The van der Waals surface area contributed by atoms with Gasteiger partial charge in [0.2, 0.25) is 0 Å². The third kappa shape index (κ3) is 5.51. The standard InChI is InChI=1S/C17H30N2O/c1-5-10-18-14-16-13-15(4)8-9-17(16)19(6-2)11-12-20-7-3/h8-9,13,18H,5-7,10-12,14H2,1-4H3. The first-order chi connectivity index (χ1) is 9.72. The van der Waals surface area contributed by atoms with Crippen molar-refractivity contribution in [3.8, 4) is 0 Å². The predicted octanol–water partition coefficient (Wildman–Crippen LogP) is 3.36. The number of aryl methyl sites for hydroxylation is 1. The molecule has 1 aromatic carbocycles. The topological polar surface area (TPSA) is 24.5 Å². The highest BCUT2D eigenvalue weighted by atomic mass is 16.5. The van der Waals surface area contributed by atoms with Gasteiger partial charge in [0.15, 0.2) is 0 Å². The van der Waals surface area contributed by atoms with E-state index in [9.17, 15) is 0 Å². The van der Waals surface area contributed by atoms with E-state index in [1.54, 1.807) is 0 Å². The average Bonchev–Trinajstić information content (AvgIpc) is 2.45. The Morgan fingerprint density at radius 3 is 2.65 bits per heavy atom. The monoisotopic (exact) mass is 278 g/mol. The molecule has 0 saturated carbocycles. The Morgan fingerprint density at radius 1 is 1.20 bits per heavy atom. The fourth-order valence-electron chi connectivity index (χ4n) is 2.33. The number of nitrogens with zero attached hydrogens (tertiary/aromatic N) is 1. The number of hydrogen-bond donors (Lipinski definition) is 1. The molecule has 0 aliphatic rings. The van der Waals surface area contributed by atoms with E-state index in [0.29, 0.717) is 0 Å². The zero-order valence-electron chi connectivity index (χ0n) is 13.5. The maximum Gasteiger partial charge on any atom is 0.0641 e. The fourth-order valence-corrected chi connectivity index (χ4v) is 2.33. The highest BCUT2D eigenvalue weighted by molar-refractivity contribution is 5.55. The van der Waals surface area contributed by atoms with E-state index >= 15 is 0 Å². The van der Waals surface area contributed by atoms with E-state index in [1.165, 1.54) is 23.2 Å². The summed E-state index contributed by atoms with van der Waals surface area (Å²) in [6.07, 6.45) is 1.17. The van der Waals surface area contributed by atoms with Crippen LogP contribution in [-0.4, -0.2) is 32.8 Å². The van der Waals surface area contributed by atoms with Gasteiger partial charge in [-0.2, -0.15) is 0 Å². The molecule has 1 aromatic rings. The smallest absolute Gasteiger partial charge is 0.0641 e. The maximum absolute atomic E-state index is 5.49. The molecule has 114 valence electrons. The molecule has 0 saturated heterocycles. The summed E-state index contributed by atoms with van der Waals surface area (Å²) in [5, 5.41) is 3.51. The highest BCUT2D eigenvalue weighted by Gasteiger charge is 2.09. The fraction of sp³-hybridized carbons (Fsp3) is 0.647. The molecule has 0 aliphatic carbocycles. The van der Waals surface area contributed by atoms with Crippen molar-refractivity contribution in [1.29, 1.82) is 0 Å². The van der Waals surface area contributed by atoms with Crippen LogP contribution >= 0.6 is 0 Å². The average molecular weight is 278 g/mol. The van der Waals surface area contributed by atoms with E-state index in [1.807, 2.05) is 6.92 Å². The van der Waals surface area contributed by atoms with E-state index in [0.717, 1.165) is 39.4 Å². The lowest BCUT2D eigenvalue weighted by Crippen LogP contribution is -2.29. The van der Waals surface area contributed by atoms with E-state index in [2.05, 4.69) is 49.2 Å². The summed E-state index contributed by atoms with van der Waals surface area (Å²) in [4.78, 5) is 2.40. The minimum Gasteiger partial charge on any atom is -0.380 e. The van der Waals surface area contributed by atoms with Crippen molar-refractivity contribution in [2.45, 2.75) is 40.7 Å². The van der Waals surface area contributed by atoms with Crippen LogP contribution in [-0.2, 0) is 11.3 Å². The lowest BCUT2D eigenvalue weighted by molar-refractivity contribution is 0.154. The lowest BCUT2D eigenvalue weighted by atomic mass is 10.1. The van der Waals surface area contributed by atoms with Crippen LogP contribution in [0.1, 0.15) is 38.3 Å². The summed E-state index contributed by atoms with van der Waals surface area (Å²) in [6.45, 7) is 14.2. The molecule has 20 heavy (non-hydrogen) atoms. The summed E-state index contributed by atoms with van der Waals surface area (Å²) < 4.78 is 5.49. The van der Waals surface area contributed by atoms with Crippen LogP contribution in [0.4, 0.5) is 5.69 Å². The number of benzene rings is 1. The SMILES string of the molecule is CCCNCc1cc(C)ccc1N(CC)CCOCC. The van der Waals surface area contributed by atoms with Gasteiger partial charge in [0.25, 0.3) is 0 Å². The second kappa shape index (κ2) is 9.78. The Hall–Kier alpha value is -1.06. The van der Waals surface area contributed by atoms with Crippen molar-refractivity contribution in [3.05, 3.63) is 29.3 Å². The molecule has 0 bridgehead atoms. The predicted molar refractivity (Wildman–Crippen MR) is 87.6 cm³/mol. The largest absolute Gasteiger partial charge is 0.380 e. The molecule has 0 fully saturated rings. The van der Waals surface area contributed by atoms with Gasteiger partial charge in [-0.1, -0.05) is 24.6 Å². The molecule has 0 radical (unpaired) electrons. The number of nitrogens with one attached hydrogen (secondary N) is 1. The Bertz CT molecular complexity index is 379. The van der Waals surface area contributed by atoms with E-state index in [4.69, 9.17) is 4.74 Å². The third-order valence-corrected chi connectivity index (χ3v) is 3.41. The minimum atomic E-state index is 0.788. The first-order valence-corrected chi connectivity index (χ1v) is 7.85. The van der Waals surface area contributed by atoms with Crippen LogP contribution in [0.25, 0.3) is 0 Å². The molecule has 3 nitrogen and oxygen atoms in total. The van der Waals surface area contributed by atoms with Crippen molar-refractivity contribution in [2.24, 2.45) is 0 Å². The number of rotatable bonds is 10. The molecule has 0 aliphatic heterocycles. The van der Waals surface area contributed by atoms with Crippen molar-refractivity contribution >= 4 is 5.69 Å². The molecular weight excluding hydrogens is 248 g/mol.